The Morgan fingerprint density at radius 2 is 1.80 bits per heavy atom. The summed E-state index contributed by atoms with van der Waals surface area (Å²) in [5, 5.41) is 0. The average Bonchev–Trinajstić information content (AvgIpc) is 2.00. The van der Waals surface area contributed by atoms with Crippen molar-refractivity contribution in [1.29, 1.82) is 0 Å². The fourth-order valence-corrected chi connectivity index (χ4v) is 1.75. The normalized spacial score (nSPS) is 12.8. The van der Waals surface area contributed by atoms with Crippen molar-refractivity contribution in [2.45, 2.75) is 19.5 Å². The van der Waals surface area contributed by atoms with E-state index >= 15 is 0 Å². The van der Waals surface area contributed by atoms with Crippen molar-refractivity contribution in [1.82, 2.24) is 0 Å². The summed E-state index contributed by atoms with van der Waals surface area (Å²) in [4.78, 5) is 0. The fourth-order valence-electron chi connectivity index (χ4n) is 0.582. The van der Waals surface area contributed by atoms with E-state index in [2.05, 4.69) is 6.08 Å². The molecule has 0 atom stereocenters. The average molecular weight is 160 g/mol. The Bertz CT molecular complexity index is 108. The minimum Gasteiger partial charge on any atom is -0.398 e. The molecule has 0 spiro atoms. The Morgan fingerprint density at radius 1 is 1.30 bits per heavy atom. The lowest BCUT2D eigenvalue weighted by atomic mass is 10.6. The highest BCUT2D eigenvalue weighted by molar-refractivity contribution is 6.66. The topological polar surface area (TPSA) is 18.5 Å². The van der Waals surface area contributed by atoms with Gasteiger partial charge in [-0.3, -0.25) is 0 Å². The first-order valence-electron chi connectivity index (χ1n) is 3.40. The predicted molar refractivity (Wildman–Crippen MR) is 45.3 cm³/mol. The summed E-state index contributed by atoms with van der Waals surface area (Å²) in [5.41, 5.74) is 0. The number of hydrogen-bond acceptors (Lipinski definition) is 2. The van der Waals surface area contributed by atoms with Gasteiger partial charge in [0.05, 0.1) is 0 Å². The van der Waals surface area contributed by atoms with Crippen LogP contribution in [0.1, 0.15) is 6.92 Å². The van der Waals surface area contributed by atoms with Crippen LogP contribution in [0.15, 0.2) is 12.2 Å². The van der Waals surface area contributed by atoms with Gasteiger partial charge in [-0.15, -0.1) is 0 Å². The lowest BCUT2D eigenvalue weighted by Gasteiger charge is -2.20. The first-order chi connectivity index (χ1) is 4.68. The van der Waals surface area contributed by atoms with Crippen LogP contribution in [0.5, 0.6) is 0 Å². The maximum atomic E-state index is 5.25. The first-order valence-corrected chi connectivity index (χ1v) is 5.92. The van der Waals surface area contributed by atoms with Crippen molar-refractivity contribution in [3.8, 4) is 0 Å². The highest BCUT2D eigenvalue weighted by atomic mass is 28.4. The zero-order chi connectivity index (χ0) is 8.04. The maximum Gasteiger partial charge on any atom is 0.338 e. The third-order valence-corrected chi connectivity index (χ3v) is 4.29. The molecule has 0 saturated heterocycles. The molecule has 0 fully saturated rings. The Labute approximate surface area is 64.1 Å². The van der Waals surface area contributed by atoms with Gasteiger partial charge in [0.15, 0.2) is 0 Å². The summed E-state index contributed by atoms with van der Waals surface area (Å²) in [6.07, 6.45) is 4.10. The molecule has 10 heavy (non-hydrogen) atoms. The minimum absolute atomic E-state index is 0.927. The molecule has 0 aromatic heterocycles. The van der Waals surface area contributed by atoms with Crippen LogP contribution in [-0.2, 0) is 8.85 Å². The van der Waals surface area contributed by atoms with Crippen LogP contribution < -0.4 is 0 Å². The standard InChI is InChI=1S/C7H16O2Si/c1-5-6-7-10(4,8-2)9-3/h5-6H,7H2,1-4H3/b6-5+. The summed E-state index contributed by atoms with van der Waals surface area (Å²) in [5.74, 6) is 0. The number of allylic oxidation sites excluding steroid dienone is 2. The van der Waals surface area contributed by atoms with Crippen LogP contribution in [0, 0.1) is 0 Å². The SMILES string of the molecule is C/C=C/C[Si](C)(OC)OC. The van der Waals surface area contributed by atoms with E-state index in [0.29, 0.717) is 0 Å². The van der Waals surface area contributed by atoms with E-state index in [9.17, 15) is 0 Å². The highest BCUT2D eigenvalue weighted by Crippen LogP contribution is 2.10. The van der Waals surface area contributed by atoms with Crippen molar-refractivity contribution in [2.75, 3.05) is 14.2 Å². The summed E-state index contributed by atoms with van der Waals surface area (Å²) in [6, 6.07) is 0.927. The Morgan fingerprint density at radius 3 is 2.10 bits per heavy atom. The van der Waals surface area contributed by atoms with Crippen molar-refractivity contribution in [3.63, 3.8) is 0 Å². The molecule has 0 radical (unpaired) electrons. The molecule has 0 aliphatic rings. The highest BCUT2D eigenvalue weighted by Gasteiger charge is 2.26. The second-order valence-electron chi connectivity index (χ2n) is 2.32. The molecule has 0 amide bonds. The number of hydrogen-bond donors (Lipinski definition) is 0. The van der Waals surface area contributed by atoms with Gasteiger partial charge < -0.3 is 8.85 Å². The first kappa shape index (κ1) is 9.88. The van der Waals surface area contributed by atoms with Crippen LogP contribution in [0.25, 0.3) is 0 Å². The van der Waals surface area contributed by atoms with E-state index in [1.165, 1.54) is 0 Å². The van der Waals surface area contributed by atoms with E-state index < -0.39 is 8.56 Å². The largest absolute Gasteiger partial charge is 0.398 e. The molecule has 0 rings (SSSR count). The van der Waals surface area contributed by atoms with Gasteiger partial charge >= 0.3 is 8.56 Å². The molecule has 0 aromatic carbocycles. The van der Waals surface area contributed by atoms with Crippen LogP contribution in [0.4, 0.5) is 0 Å². The minimum atomic E-state index is -1.81. The van der Waals surface area contributed by atoms with Crippen molar-refractivity contribution >= 4 is 8.56 Å². The summed E-state index contributed by atoms with van der Waals surface area (Å²) >= 11 is 0. The molecule has 3 heteroatoms. The smallest absolute Gasteiger partial charge is 0.338 e. The van der Waals surface area contributed by atoms with Crippen LogP contribution >= 0.6 is 0 Å². The monoisotopic (exact) mass is 160 g/mol. The van der Waals surface area contributed by atoms with Gasteiger partial charge in [0.1, 0.15) is 0 Å². The van der Waals surface area contributed by atoms with E-state index in [0.717, 1.165) is 6.04 Å². The van der Waals surface area contributed by atoms with Gasteiger partial charge in [-0.25, -0.2) is 0 Å². The van der Waals surface area contributed by atoms with Crippen LogP contribution in [-0.4, -0.2) is 22.8 Å². The Balaban J connectivity index is 3.80. The van der Waals surface area contributed by atoms with Crippen molar-refractivity contribution in [3.05, 3.63) is 12.2 Å². The third kappa shape index (κ3) is 3.15. The Hall–Kier alpha value is -0.123. The quantitative estimate of drug-likeness (QED) is 0.462. The molecule has 2 nitrogen and oxygen atoms in total. The summed E-state index contributed by atoms with van der Waals surface area (Å²) in [6.45, 7) is 4.05. The van der Waals surface area contributed by atoms with Gasteiger partial charge in [-0.05, 0) is 13.5 Å². The van der Waals surface area contributed by atoms with Crippen molar-refractivity contribution in [2.24, 2.45) is 0 Å². The van der Waals surface area contributed by atoms with Crippen LogP contribution in [0.3, 0.4) is 0 Å². The molecule has 0 unspecified atom stereocenters. The lowest BCUT2D eigenvalue weighted by Crippen LogP contribution is -2.35. The molecular formula is C7H16O2Si. The van der Waals surface area contributed by atoms with Crippen LogP contribution in [0.2, 0.25) is 12.6 Å². The van der Waals surface area contributed by atoms with E-state index in [1.54, 1.807) is 14.2 Å². The predicted octanol–water partition coefficient (Wildman–Crippen LogP) is 1.93. The summed E-state index contributed by atoms with van der Waals surface area (Å²) < 4.78 is 10.5. The van der Waals surface area contributed by atoms with Crippen molar-refractivity contribution < 1.29 is 8.85 Å². The number of rotatable bonds is 4. The third-order valence-electron chi connectivity index (χ3n) is 1.59. The van der Waals surface area contributed by atoms with Gasteiger partial charge in [-0.1, -0.05) is 12.2 Å². The second-order valence-corrected chi connectivity index (χ2v) is 5.81. The molecule has 60 valence electrons. The summed E-state index contributed by atoms with van der Waals surface area (Å²) in [7, 11) is 1.61. The van der Waals surface area contributed by atoms with Gasteiger partial charge in [0, 0.05) is 20.3 Å². The molecule has 0 bridgehead atoms. The molecular weight excluding hydrogens is 144 g/mol. The molecule has 0 aliphatic heterocycles. The molecule has 0 N–H and O–H groups in total. The molecule has 0 heterocycles. The zero-order valence-corrected chi connectivity index (χ0v) is 8.18. The fraction of sp³-hybridized carbons (Fsp3) is 0.714. The van der Waals surface area contributed by atoms with Gasteiger partial charge in [0.2, 0.25) is 0 Å². The second kappa shape index (κ2) is 4.66. The van der Waals surface area contributed by atoms with E-state index in [1.807, 2.05) is 19.5 Å². The zero-order valence-electron chi connectivity index (χ0n) is 7.18. The molecule has 0 saturated carbocycles. The van der Waals surface area contributed by atoms with Gasteiger partial charge in [-0.2, -0.15) is 0 Å². The van der Waals surface area contributed by atoms with E-state index in [4.69, 9.17) is 8.85 Å². The molecule has 0 aliphatic carbocycles. The van der Waals surface area contributed by atoms with Gasteiger partial charge in [0.25, 0.3) is 0 Å². The maximum absolute atomic E-state index is 5.25. The Kier molecular flexibility index (Phi) is 4.60. The lowest BCUT2D eigenvalue weighted by molar-refractivity contribution is 0.253. The molecule has 0 aromatic rings. The van der Waals surface area contributed by atoms with E-state index in [-0.39, 0.29) is 0 Å².